The summed E-state index contributed by atoms with van der Waals surface area (Å²) in [5, 5.41) is 0. The molecule has 2 rings (SSSR count). The fraction of sp³-hybridized carbons (Fsp3) is 0.500. The molecule has 0 saturated carbocycles. The molecule has 15 heavy (non-hydrogen) atoms. The molecular formula is C12H17BrN2. The minimum Gasteiger partial charge on any atom is -0.327 e. The molecule has 1 heterocycles. The van der Waals surface area contributed by atoms with Gasteiger partial charge >= 0.3 is 0 Å². The van der Waals surface area contributed by atoms with E-state index in [-0.39, 0.29) is 0 Å². The molecule has 0 radical (unpaired) electrons. The smallest absolute Gasteiger partial charge is 0.0234 e. The second-order valence-electron chi connectivity index (χ2n) is 4.27. The Morgan fingerprint density at radius 3 is 3.07 bits per heavy atom. The molecule has 0 spiro atoms. The maximum Gasteiger partial charge on any atom is 0.0234 e. The van der Waals surface area contributed by atoms with Crippen LogP contribution < -0.4 is 5.73 Å². The number of hydrogen-bond donors (Lipinski definition) is 1. The number of likely N-dealkylation sites (tertiary alicyclic amines) is 1. The zero-order chi connectivity index (χ0) is 10.7. The van der Waals surface area contributed by atoms with E-state index in [4.69, 9.17) is 5.73 Å². The second-order valence-corrected chi connectivity index (χ2v) is 5.18. The van der Waals surface area contributed by atoms with Gasteiger partial charge in [0.25, 0.3) is 0 Å². The van der Waals surface area contributed by atoms with E-state index in [1.807, 2.05) is 0 Å². The van der Waals surface area contributed by atoms with Crippen LogP contribution in [0.3, 0.4) is 0 Å². The van der Waals surface area contributed by atoms with Gasteiger partial charge in [0.1, 0.15) is 0 Å². The van der Waals surface area contributed by atoms with Crippen LogP contribution in [0.2, 0.25) is 0 Å². The molecule has 1 aromatic carbocycles. The van der Waals surface area contributed by atoms with E-state index in [9.17, 15) is 0 Å². The van der Waals surface area contributed by atoms with Gasteiger partial charge in [0.2, 0.25) is 0 Å². The van der Waals surface area contributed by atoms with E-state index < -0.39 is 0 Å². The van der Waals surface area contributed by atoms with Gasteiger partial charge in [-0.3, -0.25) is 4.90 Å². The van der Waals surface area contributed by atoms with Gasteiger partial charge in [-0.1, -0.05) is 28.1 Å². The summed E-state index contributed by atoms with van der Waals surface area (Å²) in [5.74, 6) is 0. The minimum atomic E-state index is 0.367. The molecule has 0 aromatic heterocycles. The van der Waals surface area contributed by atoms with Crippen molar-refractivity contribution < 1.29 is 0 Å². The topological polar surface area (TPSA) is 29.3 Å². The van der Waals surface area contributed by atoms with Crippen LogP contribution in [0.15, 0.2) is 28.7 Å². The van der Waals surface area contributed by atoms with Crippen LogP contribution in [-0.2, 0) is 6.54 Å². The van der Waals surface area contributed by atoms with Gasteiger partial charge in [0.15, 0.2) is 0 Å². The second kappa shape index (κ2) is 5.10. The summed E-state index contributed by atoms with van der Waals surface area (Å²) in [4.78, 5) is 2.44. The molecule has 82 valence electrons. The zero-order valence-corrected chi connectivity index (χ0v) is 10.4. The first-order valence-corrected chi connectivity index (χ1v) is 6.26. The van der Waals surface area contributed by atoms with Crippen molar-refractivity contribution in [2.75, 3.05) is 13.1 Å². The summed E-state index contributed by atoms with van der Waals surface area (Å²) in [6, 6.07) is 8.87. The van der Waals surface area contributed by atoms with E-state index in [0.717, 1.165) is 17.6 Å². The molecule has 3 heteroatoms. The quantitative estimate of drug-likeness (QED) is 0.893. The Kier molecular flexibility index (Phi) is 3.78. The molecule has 1 atom stereocenters. The lowest BCUT2D eigenvalue weighted by molar-refractivity contribution is 0.201. The lowest BCUT2D eigenvalue weighted by atomic mass is 10.1. The highest BCUT2D eigenvalue weighted by molar-refractivity contribution is 9.10. The average molecular weight is 269 g/mol. The predicted molar refractivity (Wildman–Crippen MR) is 66.6 cm³/mol. The van der Waals surface area contributed by atoms with Gasteiger partial charge < -0.3 is 5.73 Å². The summed E-state index contributed by atoms with van der Waals surface area (Å²) in [6.07, 6.45) is 2.41. The van der Waals surface area contributed by atoms with E-state index in [1.165, 1.54) is 24.9 Å². The number of benzene rings is 1. The molecule has 2 nitrogen and oxygen atoms in total. The molecule has 1 fully saturated rings. The number of piperidine rings is 1. The Morgan fingerprint density at radius 1 is 1.47 bits per heavy atom. The molecule has 1 aliphatic rings. The third-order valence-corrected chi connectivity index (χ3v) is 3.33. The van der Waals surface area contributed by atoms with Gasteiger partial charge in [-0.25, -0.2) is 0 Å². The van der Waals surface area contributed by atoms with E-state index >= 15 is 0 Å². The van der Waals surface area contributed by atoms with E-state index in [1.54, 1.807) is 0 Å². The zero-order valence-electron chi connectivity index (χ0n) is 8.82. The molecule has 1 aromatic rings. The van der Waals surface area contributed by atoms with Crippen LogP contribution in [0, 0.1) is 0 Å². The summed E-state index contributed by atoms with van der Waals surface area (Å²) in [6.45, 7) is 3.24. The maximum absolute atomic E-state index is 5.96. The first-order chi connectivity index (χ1) is 7.24. The first-order valence-electron chi connectivity index (χ1n) is 5.46. The Morgan fingerprint density at radius 2 is 2.33 bits per heavy atom. The fourth-order valence-corrected chi connectivity index (χ4v) is 2.58. The maximum atomic E-state index is 5.96. The van der Waals surface area contributed by atoms with Gasteiger partial charge in [-0.05, 0) is 37.1 Å². The third-order valence-electron chi connectivity index (χ3n) is 2.84. The standard InChI is InChI=1S/C12H17BrN2/c13-11-4-1-3-10(7-11)8-15-6-2-5-12(14)9-15/h1,3-4,7,12H,2,5-6,8-9,14H2/t12-/m0/s1. The monoisotopic (exact) mass is 268 g/mol. The van der Waals surface area contributed by atoms with E-state index in [2.05, 4.69) is 45.1 Å². The first kappa shape index (κ1) is 11.1. The van der Waals surface area contributed by atoms with Crippen LogP contribution in [0.25, 0.3) is 0 Å². The largest absolute Gasteiger partial charge is 0.327 e. The minimum absolute atomic E-state index is 0.367. The van der Waals surface area contributed by atoms with Crippen molar-refractivity contribution in [1.82, 2.24) is 4.90 Å². The average Bonchev–Trinajstić information content (AvgIpc) is 2.17. The van der Waals surface area contributed by atoms with Crippen molar-refractivity contribution in [2.45, 2.75) is 25.4 Å². The predicted octanol–water partition coefficient (Wildman–Crippen LogP) is 2.37. The Bertz CT molecular complexity index is 327. The van der Waals surface area contributed by atoms with Gasteiger partial charge in [0, 0.05) is 23.6 Å². The molecule has 2 N–H and O–H groups in total. The molecule has 0 amide bonds. The Labute approximate surface area is 99.6 Å². The summed E-state index contributed by atoms with van der Waals surface area (Å²) in [7, 11) is 0. The SMILES string of the molecule is N[C@H]1CCCN(Cc2cccc(Br)c2)C1. The Hall–Kier alpha value is -0.380. The Balaban J connectivity index is 1.96. The summed E-state index contributed by atoms with van der Waals surface area (Å²) in [5.41, 5.74) is 7.32. The molecule has 1 saturated heterocycles. The van der Waals surface area contributed by atoms with Gasteiger partial charge in [-0.15, -0.1) is 0 Å². The molecule has 0 unspecified atom stereocenters. The number of halogens is 1. The van der Waals surface area contributed by atoms with Crippen LogP contribution in [0.5, 0.6) is 0 Å². The van der Waals surface area contributed by atoms with E-state index in [0.29, 0.717) is 6.04 Å². The van der Waals surface area contributed by atoms with Crippen molar-refractivity contribution in [3.8, 4) is 0 Å². The van der Waals surface area contributed by atoms with Gasteiger partial charge in [0.05, 0.1) is 0 Å². The highest BCUT2D eigenvalue weighted by Gasteiger charge is 2.16. The van der Waals surface area contributed by atoms with Crippen LogP contribution in [0.4, 0.5) is 0 Å². The molecular weight excluding hydrogens is 252 g/mol. The normalized spacial score (nSPS) is 22.9. The third kappa shape index (κ3) is 3.30. The van der Waals surface area contributed by atoms with Crippen LogP contribution >= 0.6 is 15.9 Å². The van der Waals surface area contributed by atoms with Gasteiger partial charge in [-0.2, -0.15) is 0 Å². The number of nitrogens with two attached hydrogens (primary N) is 1. The summed E-state index contributed by atoms with van der Waals surface area (Å²) < 4.78 is 1.15. The summed E-state index contributed by atoms with van der Waals surface area (Å²) >= 11 is 3.50. The lowest BCUT2D eigenvalue weighted by Gasteiger charge is -2.30. The van der Waals surface area contributed by atoms with Crippen LogP contribution in [-0.4, -0.2) is 24.0 Å². The van der Waals surface area contributed by atoms with Crippen molar-refractivity contribution in [3.05, 3.63) is 34.3 Å². The lowest BCUT2D eigenvalue weighted by Crippen LogP contribution is -2.42. The molecule has 1 aliphatic heterocycles. The fourth-order valence-electron chi connectivity index (χ4n) is 2.13. The number of nitrogens with zero attached hydrogens (tertiary/aromatic N) is 1. The van der Waals surface area contributed by atoms with Crippen molar-refractivity contribution >= 4 is 15.9 Å². The van der Waals surface area contributed by atoms with Crippen LogP contribution in [0.1, 0.15) is 18.4 Å². The van der Waals surface area contributed by atoms with Crippen molar-refractivity contribution in [1.29, 1.82) is 0 Å². The van der Waals surface area contributed by atoms with Crippen molar-refractivity contribution in [3.63, 3.8) is 0 Å². The van der Waals surface area contributed by atoms with Crippen molar-refractivity contribution in [2.24, 2.45) is 5.73 Å². The molecule has 0 bridgehead atoms. The number of rotatable bonds is 2. The highest BCUT2D eigenvalue weighted by atomic mass is 79.9. The molecule has 0 aliphatic carbocycles. The number of hydrogen-bond acceptors (Lipinski definition) is 2. The highest BCUT2D eigenvalue weighted by Crippen LogP contribution is 2.16.